The van der Waals surface area contributed by atoms with Crippen molar-refractivity contribution in [2.75, 3.05) is 19.0 Å². The topological polar surface area (TPSA) is 35.5 Å². The molecular weight excluding hydrogens is 176 g/mol. The summed E-state index contributed by atoms with van der Waals surface area (Å²) in [6.07, 6.45) is 0. The molecule has 1 heterocycles. The summed E-state index contributed by atoms with van der Waals surface area (Å²) in [4.78, 5) is 11.8. The smallest absolute Gasteiger partial charge is 0.297 e. The highest BCUT2D eigenvalue weighted by atomic mass is 32.2. The van der Waals surface area contributed by atoms with Gasteiger partial charge in [0.05, 0.1) is 6.61 Å². The molecule has 0 saturated carbocycles. The first kappa shape index (κ1) is 9.45. The van der Waals surface area contributed by atoms with Crippen molar-refractivity contribution in [3.63, 3.8) is 0 Å². The number of carbonyl (C=O) groups is 1. The van der Waals surface area contributed by atoms with E-state index in [4.69, 9.17) is 9.47 Å². The van der Waals surface area contributed by atoms with Gasteiger partial charge in [-0.1, -0.05) is 6.92 Å². The molecule has 1 aliphatic rings. The van der Waals surface area contributed by atoms with Crippen LogP contribution in [0.5, 0.6) is 0 Å². The Kier molecular flexibility index (Phi) is 3.47. The third-order valence-electron chi connectivity index (χ3n) is 1.34. The maximum atomic E-state index is 11.2. The van der Waals surface area contributed by atoms with Crippen LogP contribution < -0.4 is 0 Å². The Hall–Kier alpha value is -0.640. The minimum Gasteiger partial charge on any atom is -0.465 e. The summed E-state index contributed by atoms with van der Waals surface area (Å²) < 4.78 is 10.2. The Labute approximate surface area is 76.1 Å². The van der Waals surface area contributed by atoms with Gasteiger partial charge in [-0.05, 0) is 12.7 Å². The molecule has 0 aromatic carbocycles. The monoisotopic (exact) mass is 188 g/mol. The first-order chi connectivity index (χ1) is 5.79. The molecule has 68 valence electrons. The maximum Gasteiger partial charge on any atom is 0.297 e. The fourth-order valence-electron chi connectivity index (χ4n) is 0.898. The van der Waals surface area contributed by atoms with Crippen molar-refractivity contribution in [2.45, 2.75) is 13.8 Å². The molecule has 1 aliphatic heterocycles. The average Bonchev–Trinajstić information content (AvgIpc) is 2.37. The van der Waals surface area contributed by atoms with Gasteiger partial charge in [0, 0.05) is 0 Å². The van der Waals surface area contributed by atoms with Gasteiger partial charge in [-0.2, -0.15) is 0 Å². The number of ketones is 1. The van der Waals surface area contributed by atoms with E-state index in [1.807, 2.05) is 13.8 Å². The van der Waals surface area contributed by atoms with Crippen molar-refractivity contribution in [3.05, 3.63) is 10.9 Å². The fraction of sp³-hybridized carbons (Fsp3) is 0.625. The largest absolute Gasteiger partial charge is 0.465 e. The van der Waals surface area contributed by atoms with Crippen LogP contribution in [0.2, 0.25) is 0 Å². The van der Waals surface area contributed by atoms with Crippen molar-refractivity contribution < 1.29 is 14.3 Å². The van der Waals surface area contributed by atoms with Crippen LogP contribution in [-0.4, -0.2) is 24.7 Å². The molecule has 0 unspecified atom stereocenters. The average molecular weight is 188 g/mol. The van der Waals surface area contributed by atoms with E-state index in [1.165, 1.54) is 11.8 Å². The molecular formula is C8H12O3S. The van der Waals surface area contributed by atoms with Gasteiger partial charge in [0.15, 0.2) is 6.61 Å². The van der Waals surface area contributed by atoms with Crippen LogP contribution >= 0.6 is 11.8 Å². The van der Waals surface area contributed by atoms with E-state index in [-0.39, 0.29) is 12.4 Å². The lowest BCUT2D eigenvalue weighted by Gasteiger charge is -2.03. The summed E-state index contributed by atoms with van der Waals surface area (Å²) in [7, 11) is 0. The van der Waals surface area contributed by atoms with Crippen molar-refractivity contribution in [2.24, 2.45) is 0 Å². The van der Waals surface area contributed by atoms with Crippen molar-refractivity contribution in [3.8, 4) is 0 Å². The number of hydrogen-bond acceptors (Lipinski definition) is 4. The molecule has 4 heteroatoms. The van der Waals surface area contributed by atoms with Gasteiger partial charge in [-0.3, -0.25) is 4.79 Å². The van der Waals surface area contributed by atoms with Gasteiger partial charge in [0.2, 0.25) is 5.78 Å². The molecule has 0 spiro atoms. The predicted molar refractivity (Wildman–Crippen MR) is 47.7 cm³/mol. The summed E-state index contributed by atoms with van der Waals surface area (Å²) in [5, 5.41) is 0. The van der Waals surface area contributed by atoms with E-state index >= 15 is 0 Å². The van der Waals surface area contributed by atoms with E-state index in [1.54, 1.807) is 0 Å². The zero-order chi connectivity index (χ0) is 8.97. The molecule has 0 bridgehead atoms. The molecule has 0 aromatic heterocycles. The van der Waals surface area contributed by atoms with E-state index in [0.29, 0.717) is 17.5 Å². The van der Waals surface area contributed by atoms with Gasteiger partial charge in [0.1, 0.15) is 4.91 Å². The molecule has 0 aliphatic carbocycles. The molecule has 0 N–H and O–H groups in total. The second kappa shape index (κ2) is 4.40. The third-order valence-corrected chi connectivity index (χ3v) is 2.31. The van der Waals surface area contributed by atoms with Gasteiger partial charge in [-0.15, -0.1) is 11.8 Å². The zero-order valence-corrected chi connectivity index (χ0v) is 8.07. The summed E-state index contributed by atoms with van der Waals surface area (Å²) in [6.45, 7) is 4.54. The summed E-state index contributed by atoms with van der Waals surface area (Å²) >= 11 is 1.48. The molecule has 1 rings (SSSR count). The highest BCUT2D eigenvalue weighted by molar-refractivity contribution is 8.04. The van der Waals surface area contributed by atoms with Crippen LogP contribution in [0.15, 0.2) is 10.9 Å². The Balaban J connectivity index is 2.67. The number of thioether (sulfide) groups is 1. The standard InChI is InChI=1S/C8H12O3S/c1-3-10-8-7(12-4-2)6(9)5-11-8/h3-5H2,1-2H3. The van der Waals surface area contributed by atoms with E-state index < -0.39 is 0 Å². The highest BCUT2D eigenvalue weighted by Crippen LogP contribution is 2.27. The second-order valence-electron chi connectivity index (χ2n) is 2.19. The molecule has 12 heavy (non-hydrogen) atoms. The molecule has 0 saturated heterocycles. The van der Waals surface area contributed by atoms with Crippen LogP contribution in [0.4, 0.5) is 0 Å². The van der Waals surface area contributed by atoms with E-state index in [2.05, 4.69) is 0 Å². The quantitative estimate of drug-likeness (QED) is 0.670. The van der Waals surface area contributed by atoms with Gasteiger partial charge in [-0.25, -0.2) is 0 Å². The normalized spacial score (nSPS) is 16.7. The molecule has 0 radical (unpaired) electrons. The van der Waals surface area contributed by atoms with Crippen molar-refractivity contribution >= 4 is 17.5 Å². The first-order valence-electron chi connectivity index (χ1n) is 3.95. The Morgan fingerprint density at radius 3 is 2.92 bits per heavy atom. The van der Waals surface area contributed by atoms with Crippen LogP contribution in [-0.2, 0) is 14.3 Å². The molecule has 3 nitrogen and oxygen atoms in total. The molecule has 0 atom stereocenters. The number of ether oxygens (including phenoxy) is 2. The lowest BCUT2D eigenvalue weighted by atomic mass is 10.4. The van der Waals surface area contributed by atoms with Gasteiger partial charge >= 0.3 is 0 Å². The lowest BCUT2D eigenvalue weighted by molar-refractivity contribution is -0.116. The number of rotatable bonds is 4. The predicted octanol–water partition coefficient (Wildman–Crippen LogP) is 1.54. The van der Waals surface area contributed by atoms with Crippen molar-refractivity contribution in [1.29, 1.82) is 0 Å². The summed E-state index contributed by atoms with van der Waals surface area (Å²) in [6, 6.07) is 0. The third kappa shape index (κ3) is 1.94. The number of carbonyl (C=O) groups excluding carboxylic acids is 1. The SMILES string of the molecule is CCOC1=C(SCC)C(=O)CO1. The van der Waals surface area contributed by atoms with E-state index in [0.717, 1.165) is 5.75 Å². The Morgan fingerprint density at radius 2 is 2.33 bits per heavy atom. The maximum absolute atomic E-state index is 11.2. The molecule has 0 amide bonds. The Morgan fingerprint density at radius 1 is 1.58 bits per heavy atom. The zero-order valence-electron chi connectivity index (χ0n) is 7.25. The summed E-state index contributed by atoms with van der Waals surface area (Å²) in [5.41, 5.74) is 0. The van der Waals surface area contributed by atoms with Crippen LogP contribution in [0.25, 0.3) is 0 Å². The van der Waals surface area contributed by atoms with Crippen LogP contribution in [0, 0.1) is 0 Å². The van der Waals surface area contributed by atoms with Crippen LogP contribution in [0.1, 0.15) is 13.8 Å². The fourth-order valence-corrected chi connectivity index (χ4v) is 1.64. The van der Waals surface area contributed by atoms with E-state index in [9.17, 15) is 4.79 Å². The summed E-state index contributed by atoms with van der Waals surface area (Å²) in [5.74, 6) is 1.31. The van der Waals surface area contributed by atoms with Crippen molar-refractivity contribution in [1.82, 2.24) is 0 Å². The molecule has 0 aromatic rings. The minimum atomic E-state index is 0.0327. The number of hydrogen-bond donors (Lipinski definition) is 0. The highest BCUT2D eigenvalue weighted by Gasteiger charge is 2.26. The van der Waals surface area contributed by atoms with Gasteiger partial charge in [0.25, 0.3) is 5.95 Å². The number of Topliss-reactive ketones (excluding diaryl/α,β-unsaturated/α-hetero) is 1. The Bertz CT molecular complexity index is 210. The van der Waals surface area contributed by atoms with Crippen LogP contribution in [0.3, 0.4) is 0 Å². The van der Waals surface area contributed by atoms with Gasteiger partial charge < -0.3 is 9.47 Å². The minimum absolute atomic E-state index is 0.0327. The lowest BCUT2D eigenvalue weighted by Crippen LogP contribution is -1.98. The second-order valence-corrected chi connectivity index (χ2v) is 3.47. The first-order valence-corrected chi connectivity index (χ1v) is 4.94. The molecule has 0 fully saturated rings.